The van der Waals surface area contributed by atoms with Gasteiger partial charge in [-0.1, -0.05) is 40.9 Å². The van der Waals surface area contributed by atoms with Gasteiger partial charge in [0.15, 0.2) is 0 Å². The third-order valence-corrected chi connectivity index (χ3v) is 4.09. The van der Waals surface area contributed by atoms with Crippen LogP contribution in [0.15, 0.2) is 49.1 Å². The molecule has 0 bridgehead atoms. The number of hydrogen-bond donors (Lipinski definition) is 1. The minimum absolute atomic E-state index is 0.110. The number of carbonyl (C=O) groups is 1. The summed E-state index contributed by atoms with van der Waals surface area (Å²) in [6, 6.07) is 10.1. The summed E-state index contributed by atoms with van der Waals surface area (Å²) < 4.78 is 1.54. The number of carbonyl (C=O) groups excluding carboxylic acids is 1. The van der Waals surface area contributed by atoms with Gasteiger partial charge in [-0.05, 0) is 35.9 Å². The number of benzene rings is 2. The van der Waals surface area contributed by atoms with Crippen LogP contribution in [0, 0.1) is 0 Å². The average Bonchev–Trinajstić information content (AvgIpc) is 3.04. The van der Waals surface area contributed by atoms with E-state index < -0.39 is 0 Å². The maximum atomic E-state index is 12.4. The lowest BCUT2D eigenvalue weighted by Crippen LogP contribution is -2.16. The van der Waals surface area contributed by atoms with Gasteiger partial charge in [0.1, 0.15) is 12.7 Å². The van der Waals surface area contributed by atoms with Crippen molar-refractivity contribution in [2.45, 2.75) is 6.42 Å². The predicted molar refractivity (Wildman–Crippen MR) is 95.2 cm³/mol. The molecule has 0 saturated heterocycles. The van der Waals surface area contributed by atoms with E-state index in [1.807, 2.05) is 0 Å². The second kappa shape index (κ2) is 7.21. The van der Waals surface area contributed by atoms with Crippen LogP contribution in [0.4, 0.5) is 5.69 Å². The maximum absolute atomic E-state index is 12.4. The summed E-state index contributed by atoms with van der Waals surface area (Å²) in [4.78, 5) is 16.3. The molecule has 0 aliphatic carbocycles. The first-order valence-electron chi connectivity index (χ1n) is 6.91. The second-order valence-electron chi connectivity index (χ2n) is 4.96. The molecule has 1 heterocycles. The molecule has 3 aromatic rings. The fraction of sp³-hybridized carbons (Fsp3) is 0.0625. The molecule has 3 rings (SSSR count). The predicted octanol–water partition coefficient (Wildman–Crippen LogP) is 4.41. The van der Waals surface area contributed by atoms with Crippen LogP contribution in [0.5, 0.6) is 0 Å². The summed E-state index contributed by atoms with van der Waals surface area (Å²) in [6.45, 7) is 0. The fourth-order valence-corrected chi connectivity index (χ4v) is 2.82. The topological polar surface area (TPSA) is 59.8 Å². The lowest BCUT2D eigenvalue weighted by molar-refractivity contribution is -0.115. The number of rotatable bonds is 4. The quantitative estimate of drug-likeness (QED) is 0.728. The van der Waals surface area contributed by atoms with Crippen LogP contribution in [0.25, 0.3) is 5.69 Å². The first kappa shape index (κ1) is 16.8. The normalized spacial score (nSPS) is 10.6. The van der Waals surface area contributed by atoms with E-state index in [9.17, 15) is 4.79 Å². The molecule has 0 aliphatic heterocycles. The molecule has 122 valence electrons. The van der Waals surface area contributed by atoms with Gasteiger partial charge in [0.2, 0.25) is 5.91 Å². The Morgan fingerprint density at radius 2 is 1.83 bits per heavy atom. The zero-order valence-electron chi connectivity index (χ0n) is 12.2. The fourth-order valence-electron chi connectivity index (χ4n) is 2.17. The Morgan fingerprint density at radius 3 is 2.54 bits per heavy atom. The Kier molecular flexibility index (Phi) is 5.04. The molecule has 2 aromatic carbocycles. The Labute approximate surface area is 153 Å². The molecule has 0 aliphatic rings. The highest BCUT2D eigenvalue weighted by atomic mass is 35.5. The largest absolute Gasteiger partial charge is 0.324 e. The molecule has 0 saturated carbocycles. The summed E-state index contributed by atoms with van der Waals surface area (Å²) in [7, 11) is 0. The van der Waals surface area contributed by atoms with Gasteiger partial charge in [0, 0.05) is 15.1 Å². The van der Waals surface area contributed by atoms with E-state index in [1.165, 1.54) is 12.7 Å². The monoisotopic (exact) mass is 380 g/mol. The first-order valence-corrected chi connectivity index (χ1v) is 8.04. The molecule has 0 spiro atoms. The van der Waals surface area contributed by atoms with E-state index in [1.54, 1.807) is 41.1 Å². The van der Waals surface area contributed by atoms with E-state index in [4.69, 9.17) is 34.8 Å². The van der Waals surface area contributed by atoms with E-state index in [0.717, 1.165) is 0 Å². The van der Waals surface area contributed by atoms with Gasteiger partial charge in [-0.2, -0.15) is 5.10 Å². The van der Waals surface area contributed by atoms with Gasteiger partial charge in [-0.3, -0.25) is 4.79 Å². The molecule has 24 heavy (non-hydrogen) atoms. The van der Waals surface area contributed by atoms with Crippen molar-refractivity contribution >= 4 is 46.4 Å². The summed E-state index contributed by atoms with van der Waals surface area (Å²) in [5, 5.41) is 8.36. The van der Waals surface area contributed by atoms with Gasteiger partial charge >= 0.3 is 0 Å². The van der Waals surface area contributed by atoms with Crippen molar-refractivity contribution in [3.05, 3.63) is 69.7 Å². The second-order valence-corrected chi connectivity index (χ2v) is 6.24. The van der Waals surface area contributed by atoms with Gasteiger partial charge in [-0.15, -0.1) is 0 Å². The molecule has 0 radical (unpaired) electrons. The van der Waals surface area contributed by atoms with Crippen molar-refractivity contribution in [3.8, 4) is 5.69 Å². The lowest BCUT2D eigenvalue weighted by atomic mass is 10.1. The third-order valence-electron chi connectivity index (χ3n) is 3.26. The van der Waals surface area contributed by atoms with Crippen LogP contribution in [0.2, 0.25) is 15.1 Å². The maximum Gasteiger partial charge on any atom is 0.228 e. The van der Waals surface area contributed by atoms with Crippen molar-refractivity contribution < 1.29 is 4.79 Å². The van der Waals surface area contributed by atoms with Crippen molar-refractivity contribution in [3.63, 3.8) is 0 Å². The van der Waals surface area contributed by atoms with Crippen molar-refractivity contribution in [1.82, 2.24) is 14.8 Å². The van der Waals surface area contributed by atoms with Crippen LogP contribution in [-0.2, 0) is 11.2 Å². The zero-order chi connectivity index (χ0) is 17.1. The molecule has 0 fully saturated rings. The van der Waals surface area contributed by atoms with E-state index >= 15 is 0 Å². The molecule has 5 nitrogen and oxygen atoms in total. The number of halogens is 3. The van der Waals surface area contributed by atoms with E-state index in [-0.39, 0.29) is 12.3 Å². The van der Waals surface area contributed by atoms with Gasteiger partial charge in [0.25, 0.3) is 0 Å². The zero-order valence-corrected chi connectivity index (χ0v) is 14.5. The number of hydrogen-bond acceptors (Lipinski definition) is 3. The molecule has 0 atom stereocenters. The van der Waals surface area contributed by atoms with Crippen LogP contribution in [0.1, 0.15) is 5.56 Å². The summed E-state index contributed by atoms with van der Waals surface area (Å²) in [6.07, 6.45) is 3.06. The minimum atomic E-state index is -0.233. The average molecular weight is 382 g/mol. The number of aromatic nitrogens is 3. The minimum Gasteiger partial charge on any atom is -0.324 e. The highest BCUT2D eigenvalue weighted by Crippen LogP contribution is 2.25. The highest BCUT2D eigenvalue weighted by molar-refractivity contribution is 6.35. The summed E-state index contributed by atoms with van der Waals surface area (Å²) in [5.41, 5.74) is 1.87. The third kappa shape index (κ3) is 3.87. The Hall–Kier alpha value is -2.08. The van der Waals surface area contributed by atoms with Gasteiger partial charge in [0.05, 0.1) is 17.8 Å². The molecule has 0 unspecified atom stereocenters. The molecule has 1 N–H and O–H groups in total. The Bertz CT molecular complexity index is 881. The number of amides is 1. The number of nitrogens with one attached hydrogen (secondary N) is 1. The van der Waals surface area contributed by atoms with Gasteiger partial charge < -0.3 is 5.32 Å². The van der Waals surface area contributed by atoms with E-state index in [2.05, 4.69) is 15.4 Å². The molecular formula is C16H11Cl3N4O. The number of nitrogens with zero attached hydrogens (tertiary/aromatic N) is 3. The lowest BCUT2D eigenvalue weighted by Gasteiger charge is -2.12. The van der Waals surface area contributed by atoms with Crippen molar-refractivity contribution in [2.24, 2.45) is 0 Å². The van der Waals surface area contributed by atoms with Crippen LogP contribution >= 0.6 is 34.8 Å². The molecular weight excluding hydrogens is 371 g/mol. The van der Waals surface area contributed by atoms with Crippen molar-refractivity contribution in [2.75, 3.05) is 5.32 Å². The standard InChI is InChI=1S/C16H11Cl3N4O/c17-11-2-1-10(13(19)6-11)5-16(24)22-14-7-12(18)3-4-15(14)23-9-20-8-21-23/h1-4,6-9H,5H2,(H,22,24). The SMILES string of the molecule is O=C(Cc1ccc(Cl)cc1Cl)Nc1cc(Cl)ccc1-n1cncn1. The Morgan fingerprint density at radius 1 is 1.08 bits per heavy atom. The summed E-state index contributed by atoms with van der Waals surface area (Å²) >= 11 is 18.0. The summed E-state index contributed by atoms with van der Waals surface area (Å²) in [5.74, 6) is -0.233. The Balaban J connectivity index is 1.83. The van der Waals surface area contributed by atoms with Gasteiger partial charge in [-0.25, -0.2) is 9.67 Å². The van der Waals surface area contributed by atoms with Crippen molar-refractivity contribution in [1.29, 1.82) is 0 Å². The van der Waals surface area contributed by atoms with Crippen LogP contribution < -0.4 is 5.32 Å². The molecule has 8 heteroatoms. The van der Waals surface area contributed by atoms with E-state index in [0.29, 0.717) is 32.0 Å². The number of anilines is 1. The molecule has 1 aromatic heterocycles. The van der Waals surface area contributed by atoms with Crippen LogP contribution in [0.3, 0.4) is 0 Å². The highest BCUT2D eigenvalue weighted by Gasteiger charge is 2.12. The van der Waals surface area contributed by atoms with Crippen LogP contribution in [-0.4, -0.2) is 20.7 Å². The first-order chi connectivity index (χ1) is 11.5. The molecule has 1 amide bonds. The smallest absolute Gasteiger partial charge is 0.228 e.